The molecule has 0 unspecified atom stereocenters. The molecule has 0 fully saturated rings. The summed E-state index contributed by atoms with van der Waals surface area (Å²) < 4.78 is 0. The van der Waals surface area contributed by atoms with Gasteiger partial charge in [0, 0.05) is 18.6 Å². The molecule has 0 rings (SSSR count). The van der Waals surface area contributed by atoms with Gasteiger partial charge in [-0.15, -0.1) is 0 Å². The van der Waals surface area contributed by atoms with E-state index in [1.807, 2.05) is 0 Å². The quantitative estimate of drug-likeness (QED) is 0.429. The topological polar surface area (TPSA) is 31.5 Å². The van der Waals surface area contributed by atoms with Gasteiger partial charge in [0.05, 0.1) is 0 Å². The van der Waals surface area contributed by atoms with Crippen LogP contribution in [-0.4, -0.2) is 5.48 Å². The Hall–Kier alpha value is 1.26. The Bertz CT molecular complexity index is 13.0. The zero-order valence-electron chi connectivity index (χ0n) is 7.45. The van der Waals surface area contributed by atoms with Crippen LogP contribution in [0.2, 0.25) is 0 Å². The molecule has 9 heavy (non-hydrogen) atoms. The maximum atomic E-state index is 0. The van der Waals surface area contributed by atoms with Crippen LogP contribution in [0, 0.1) is 44.6 Å². The molecular weight excluding hydrogens is 187 g/mol. The first-order valence-electron chi connectivity index (χ1n) is 0. The predicted molar refractivity (Wildman–Crippen MR) is 42.1 cm³/mol. The number of rotatable bonds is 0. The molecule has 0 saturated carbocycles. The molecule has 0 bridgehead atoms. The Morgan fingerprint density at radius 2 is 0.444 bits per heavy atom. The number of hydrogen-bond acceptors (Lipinski definition) is 0. The molecule has 0 aliphatic heterocycles. The van der Waals surface area contributed by atoms with Gasteiger partial charge in [-0.3, -0.25) is 0 Å². The van der Waals surface area contributed by atoms with Crippen LogP contribution in [0.3, 0.4) is 0 Å². The minimum Gasteiger partial charge on any atom is -0.412 e. The second-order valence-corrected chi connectivity index (χ2v) is 0. The molecule has 0 aromatic carbocycles. The van der Waals surface area contributed by atoms with E-state index in [9.17, 15) is 0 Å². The average Bonchev–Trinajstić information content (AvgIpc) is 0. The smallest absolute Gasteiger partial charge is 0.412 e. The fourth-order valence-corrected chi connectivity index (χ4v) is 0. The molecule has 2 radical (unpaired) electrons. The van der Waals surface area contributed by atoms with Crippen molar-refractivity contribution in [3.8, 4) is 0 Å². The fraction of sp³-hybridized carbons (Fsp3) is 0. The van der Waals surface area contributed by atoms with E-state index in [1.54, 1.807) is 0 Å². The molecular formula is C6H20OTiV-3. The molecule has 0 spiro atoms. The van der Waals surface area contributed by atoms with Crippen LogP contribution in [0.1, 0.15) is 0 Å². The molecule has 62 valence electrons. The van der Waals surface area contributed by atoms with Crippen molar-refractivity contribution < 1.29 is 45.7 Å². The van der Waals surface area contributed by atoms with Crippen LogP contribution in [0.25, 0.3) is 0 Å². The van der Waals surface area contributed by atoms with E-state index in [-0.39, 0.29) is 90.3 Å². The Balaban J connectivity index is 0. The van der Waals surface area contributed by atoms with Gasteiger partial charge in [-0.05, 0) is 0 Å². The third-order valence-corrected chi connectivity index (χ3v) is 0. The Morgan fingerprint density at radius 1 is 0.444 bits per heavy atom. The van der Waals surface area contributed by atoms with Crippen LogP contribution in [0.15, 0.2) is 0 Å². The maximum Gasteiger partial charge on any atom is 3.00 e. The standard InChI is InChI=1S/6CH3.H2O.Ti.V/h6*1H3;1H2;;/q6*-1;;+3;. The summed E-state index contributed by atoms with van der Waals surface area (Å²) >= 11 is 0. The Kier molecular flexibility index (Phi) is 24600. The van der Waals surface area contributed by atoms with Gasteiger partial charge >= 0.3 is 21.7 Å². The van der Waals surface area contributed by atoms with E-state index < -0.39 is 0 Å². The molecule has 3 heteroatoms. The average molecular weight is 207 g/mol. The summed E-state index contributed by atoms with van der Waals surface area (Å²) in [4.78, 5) is 0. The van der Waals surface area contributed by atoms with E-state index in [0.717, 1.165) is 0 Å². The van der Waals surface area contributed by atoms with Crippen LogP contribution >= 0.6 is 0 Å². The van der Waals surface area contributed by atoms with Gasteiger partial charge in [-0.1, -0.05) is 0 Å². The summed E-state index contributed by atoms with van der Waals surface area (Å²) in [7, 11) is 0. The molecule has 0 amide bonds. The number of hydrogen-bond donors (Lipinski definition) is 0. The van der Waals surface area contributed by atoms with Crippen LogP contribution in [-0.2, 0) is 40.3 Å². The summed E-state index contributed by atoms with van der Waals surface area (Å²) in [5, 5.41) is 0. The van der Waals surface area contributed by atoms with E-state index in [0.29, 0.717) is 0 Å². The van der Waals surface area contributed by atoms with Crippen LogP contribution in [0.5, 0.6) is 0 Å². The summed E-state index contributed by atoms with van der Waals surface area (Å²) in [6.45, 7) is 0. The van der Waals surface area contributed by atoms with Crippen LogP contribution < -0.4 is 0 Å². The summed E-state index contributed by atoms with van der Waals surface area (Å²) in [5.41, 5.74) is 0. The molecule has 0 atom stereocenters. The van der Waals surface area contributed by atoms with E-state index in [2.05, 4.69) is 0 Å². The molecule has 0 aromatic heterocycles. The monoisotopic (exact) mass is 207 g/mol. The van der Waals surface area contributed by atoms with E-state index in [4.69, 9.17) is 0 Å². The Morgan fingerprint density at radius 3 is 0.444 bits per heavy atom. The second kappa shape index (κ2) is 399. The third-order valence-electron chi connectivity index (χ3n) is 0. The summed E-state index contributed by atoms with van der Waals surface area (Å²) in [6, 6.07) is 0. The van der Waals surface area contributed by atoms with Gasteiger partial charge in [-0.2, -0.15) is 0 Å². The van der Waals surface area contributed by atoms with Crippen molar-refractivity contribution in [1.82, 2.24) is 0 Å². The van der Waals surface area contributed by atoms with Gasteiger partial charge in [0.25, 0.3) is 0 Å². The SMILES string of the molecule is O.[CH3-].[CH3-].[CH3-].[CH3-].[CH3-].[CH3-].[Ti+3].[V]. The van der Waals surface area contributed by atoms with Gasteiger partial charge < -0.3 is 50.0 Å². The van der Waals surface area contributed by atoms with Gasteiger partial charge in [0.2, 0.25) is 0 Å². The zero-order chi connectivity index (χ0) is 0. The fourth-order valence-electron chi connectivity index (χ4n) is 0. The van der Waals surface area contributed by atoms with Crippen molar-refractivity contribution in [2.24, 2.45) is 0 Å². The van der Waals surface area contributed by atoms with Gasteiger partial charge in [0.1, 0.15) is 0 Å². The van der Waals surface area contributed by atoms with Crippen molar-refractivity contribution in [1.29, 1.82) is 0 Å². The molecule has 2 N–H and O–H groups in total. The summed E-state index contributed by atoms with van der Waals surface area (Å²) in [5.74, 6) is 0. The van der Waals surface area contributed by atoms with E-state index in [1.165, 1.54) is 0 Å². The van der Waals surface area contributed by atoms with Crippen molar-refractivity contribution >= 4 is 0 Å². The third kappa shape index (κ3) is 308. The van der Waals surface area contributed by atoms with Gasteiger partial charge in [0.15, 0.2) is 0 Å². The molecule has 0 aliphatic carbocycles. The minimum atomic E-state index is 0. The molecule has 0 heterocycles. The maximum absolute atomic E-state index is 0. The molecule has 0 aromatic rings. The van der Waals surface area contributed by atoms with Crippen molar-refractivity contribution in [3.05, 3.63) is 44.6 Å². The first-order valence-corrected chi connectivity index (χ1v) is 0. The normalized spacial score (nSPS) is 0. The van der Waals surface area contributed by atoms with E-state index >= 15 is 0 Å². The minimum absolute atomic E-state index is 0. The molecule has 1 nitrogen and oxygen atoms in total. The van der Waals surface area contributed by atoms with Crippen molar-refractivity contribution in [3.63, 3.8) is 0 Å². The molecule has 0 aliphatic rings. The predicted octanol–water partition coefficient (Wildman–Crippen LogP) is 1.87. The zero-order valence-corrected chi connectivity index (χ0v) is 10.4. The van der Waals surface area contributed by atoms with Crippen molar-refractivity contribution in [2.75, 3.05) is 0 Å². The van der Waals surface area contributed by atoms with Crippen molar-refractivity contribution in [2.45, 2.75) is 0 Å². The second-order valence-electron chi connectivity index (χ2n) is 0. The van der Waals surface area contributed by atoms with Gasteiger partial charge in [-0.25, -0.2) is 0 Å². The largest absolute Gasteiger partial charge is 3.00 e. The first kappa shape index (κ1) is 555. The van der Waals surface area contributed by atoms with Crippen LogP contribution in [0.4, 0.5) is 0 Å². The first-order chi connectivity index (χ1) is 0. The molecule has 0 saturated heterocycles. The Labute approximate surface area is 90.1 Å². The summed E-state index contributed by atoms with van der Waals surface area (Å²) in [6.07, 6.45) is 0.